The SMILES string of the molecule is CCCCCCCC/C=C\CCCCCCCCN(CCCN)CCN(CCCN)CCCCCCCC/C=C\CCCCCCCC. The van der Waals surface area contributed by atoms with Crippen LogP contribution >= 0.6 is 0 Å². The lowest BCUT2D eigenvalue weighted by molar-refractivity contribution is 0.196. The average molecular weight is 675 g/mol. The van der Waals surface area contributed by atoms with Gasteiger partial charge in [0.05, 0.1) is 0 Å². The van der Waals surface area contributed by atoms with Crippen LogP contribution in [0.5, 0.6) is 0 Å². The molecule has 0 aromatic carbocycles. The summed E-state index contributed by atoms with van der Waals surface area (Å²) >= 11 is 0. The van der Waals surface area contributed by atoms with Gasteiger partial charge in [0, 0.05) is 13.1 Å². The Kier molecular flexibility index (Phi) is 41.9. The molecule has 0 aromatic rings. The molecular weight excluding hydrogens is 585 g/mol. The van der Waals surface area contributed by atoms with E-state index in [2.05, 4.69) is 48.0 Å². The standard InChI is InChI=1S/C44H90N4/c1-3-5-7-9-11-13-15-17-19-21-23-25-27-29-31-33-39-47(41-35-37-45)43-44-48(42-36-38-46)40-34-32-30-28-26-24-22-20-18-16-14-12-10-8-6-4-2/h17-20H,3-16,21-46H2,1-2H3/b19-17-,20-18-. The summed E-state index contributed by atoms with van der Waals surface area (Å²) in [6.07, 6.45) is 50.5. The van der Waals surface area contributed by atoms with Gasteiger partial charge in [-0.3, -0.25) is 0 Å². The van der Waals surface area contributed by atoms with Crippen LogP contribution < -0.4 is 11.5 Å². The lowest BCUT2D eigenvalue weighted by Gasteiger charge is -2.28. The maximum atomic E-state index is 5.90. The van der Waals surface area contributed by atoms with E-state index in [4.69, 9.17) is 11.5 Å². The van der Waals surface area contributed by atoms with E-state index in [1.807, 2.05) is 0 Å². The molecule has 0 aliphatic heterocycles. The van der Waals surface area contributed by atoms with Crippen LogP contribution in [0.4, 0.5) is 0 Å². The van der Waals surface area contributed by atoms with Crippen molar-refractivity contribution < 1.29 is 0 Å². The molecule has 4 nitrogen and oxygen atoms in total. The Morgan fingerprint density at radius 1 is 0.292 bits per heavy atom. The Hall–Kier alpha value is -0.680. The minimum Gasteiger partial charge on any atom is -0.330 e. The molecule has 4 heteroatoms. The van der Waals surface area contributed by atoms with Gasteiger partial charge in [-0.15, -0.1) is 0 Å². The number of hydrogen-bond acceptors (Lipinski definition) is 4. The molecular formula is C44H90N4. The van der Waals surface area contributed by atoms with Gasteiger partial charge in [0.1, 0.15) is 0 Å². The number of unbranched alkanes of at least 4 members (excludes halogenated alkanes) is 24. The van der Waals surface area contributed by atoms with Gasteiger partial charge in [-0.1, -0.05) is 154 Å². The van der Waals surface area contributed by atoms with Crippen molar-refractivity contribution >= 4 is 0 Å². The number of nitrogens with two attached hydrogens (primary N) is 2. The smallest absolute Gasteiger partial charge is 0.0109 e. The summed E-state index contributed by atoms with van der Waals surface area (Å²) in [5.41, 5.74) is 11.8. The van der Waals surface area contributed by atoms with Crippen molar-refractivity contribution in [1.82, 2.24) is 9.80 Å². The third-order valence-corrected chi connectivity index (χ3v) is 10.1. The molecule has 0 rings (SSSR count). The lowest BCUT2D eigenvalue weighted by atomic mass is 10.1. The van der Waals surface area contributed by atoms with Gasteiger partial charge in [0.2, 0.25) is 0 Å². The summed E-state index contributed by atoms with van der Waals surface area (Å²) in [4.78, 5) is 5.39. The van der Waals surface area contributed by atoms with Gasteiger partial charge in [-0.2, -0.15) is 0 Å². The molecule has 0 atom stereocenters. The first-order valence-corrected chi connectivity index (χ1v) is 21.9. The molecule has 0 radical (unpaired) electrons. The van der Waals surface area contributed by atoms with Crippen molar-refractivity contribution in [3.8, 4) is 0 Å². The van der Waals surface area contributed by atoms with Crippen molar-refractivity contribution in [2.24, 2.45) is 11.5 Å². The highest BCUT2D eigenvalue weighted by Crippen LogP contribution is 2.13. The molecule has 4 N–H and O–H groups in total. The molecule has 286 valence electrons. The predicted molar refractivity (Wildman–Crippen MR) is 219 cm³/mol. The van der Waals surface area contributed by atoms with Crippen LogP contribution in [0.2, 0.25) is 0 Å². The molecule has 0 saturated heterocycles. The molecule has 0 bridgehead atoms. The zero-order valence-corrected chi connectivity index (χ0v) is 33.2. The van der Waals surface area contributed by atoms with Gasteiger partial charge in [-0.05, 0) is 116 Å². The van der Waals surface area contributed by atoms with Gasteiger partial charge < -0.3 is 21.3 Å². The van der Waals surface area contributed by atoms with Crippen LogP contribution in [-0.2, 0) is 0 Å². The van der Waals surface area contributed by atoms with Gasteiger partial charge in [0.25, 0.3) is 0 Å². The topological polar surface area (TPSA) is 58.5 Å². The molecule has 0 spiro atoms. The van der Waals surface area contributed by atoms with E-state index < -0.39 is 0 Å². The van der Waals surface area contributed by atoms with E-state index in [1.165, 1.54) is 206 Å². The van der Waals surface area contributed by atoms with E-state index in [1.54, 1.807) is 0 Å². The maximum Gasteiger partial charge on any atom is 0.0109 e. The number of allylic oxidation sites excluding steroid dienone is 4. The van der Waals surface area contributed by atoms with Crippen LogP contribution in [-0.4, -0.2) is 62.2 Å². The first-order chi connectivity index (χ1) is 23.8. The Morgan fingerprint density at radius 3 is 0.833 bits per heavy atom. The van der Waals surface area contributed by atoms with Crippen molar-refractivity contribution in [3.05, 3.63) is 24.3 Å². The molecule has 0 amide bonds. The number of rotatable bonds is 41. The maximum absolute atomic E-state index is 5.90. The summed E-state index contributed by atoms with van der Waals surface area (Å²) in [6, 6.07) is 0. The molecule has 0 saturated carbocycles. The van der Waals surface area contributed by atoms with Crippen molar-refractivity contribution in [3.63, 3.8) is 0 Å². The average Bonchev–Trinajstić information content (AvgIpc) is 3.10. The highest BCUT2D eigenvalue weighted by molar-refractivity contribution is 4.82. The fraction of sp³-hybridized carbons (Fsp3) is 0.909. The Balaban J connectivity index is 3.93. The number of hydrogen-bond donors (Lipinski definition) is 2. The number of nitrogens with zero attached hydrogens (tertiary/aromatic N) is 2. The second-order valence-electron chi connectivity index (χ2n) is 14.8. The normalized spacial score (nSPS) is 12.2. The first-order valence-electron chi connectivity index (χ1n) is 21.9. The van der Waals surface area contributed by atoms with E-state index in [9.17, 15) is 0 Å². The van der Waals surface area contributed by atoms with Gasteiger partial charge >= 0.3 is 0 Å². The van der Waals surface area contributed by atoms with Crippen molar-refractivity contribution in [2.45, 2.75) is 206 Å². The summed E-state index contributed by atoms with van der Waals surface area (Å²) in [7, 11) is 0. The molecule has 0 heterocycles. The van der Waals surface area contributed by atoms with Gasteiger partial charge in [-0.25, -0.2) is 0 Å². The van der Waals surface area contributed by atoms with Crippen LogP contribution in [0.1, 0.15) is 206 Å². The summed E-state index contributed by atoms with van der Waals surface area (Å²) in [5.74, 6) is 0. The van der Waals surface area contributed by atoms with E-state index in [0.717, 1.165) is 39.0 Å². The Bertz CT molecular complexity index is 579. The highest BCUT2D eigenvalue weighted by Gasteiger charge is 2.09. The highest BCUT2D eigenvalue weighted by atomic mass is 15.2. The van der Waals surface area contributed by atoms with E-state index >= 15 is 0 Å². The first kappa shape index (κ1) is 47.3. The summed E-state index contributed by atoms with van der Waals surface area (Å²) < 4.78 is 0. The van der Waals surface area contributed by atoms with Crippen molar-refractivity contribution in [2.75, 3.05) is 52.4 Å². The van der Waals surface area contributed by atoms with Crippen LogP contribution in [0.15, 0.2) is 24.3 Å². The quantitative estimate of drug-likeness (QED) is 0.0500. The summed E-state index contributed by atoms with van der Waals surface area (Å²) in [6.45, 7) is 13.3. The minimum absolute atomic E-state index is 0.802. The molecule has 0 fully saturated rings. The minimum atomic E-state index is 0.802. The largest absolute Gasteiger partial charge is 0.330 e. The van der Waals surface area contributed by atoms with Crippen LogP contribution in [0.25, 0.3) is 0 Å². The second-order valence-corrected chi connectivity index (χ2v) is 14.8. The summed E-state index contributed by atoms with van der Waals surface area (Å²) in [5, 5.41) is 0. The van der Waals surface area contributed by atoms with E-state index in [-0.39, 0.29) is 0 Å². The molecule has 0 aliphatic rings. The van der Waals surface area contributed by atoms with Crippen LogP contribution in [0.3, 0.4) is 0 Å². The third kappa shape index (κ3) is 38.1. The Morgan fingerprint density at radius 2 is 0.542 bits per heavy atom. The molecule has 0 aliphatic carbocycles. The zero-order chi connectivity index (χ0) is 34.9. The van der Waals surface area contributed by atoms with Crippen molar-refractivity contribution in [1.29, 1.82) is 0 Å². The fourth-order valence-corrected chi connectivity index (χ4v) is 6.75. The van der Waals surface area contributed by atoms with E-state index in [0.29, 0.717) is 0 Å². The van der Waals surface area contributed by atoms with Gasteiger partial charge in [0.15, 0.2) is 0 Å². The van der Waals surface area contributed by atoms with Crippen LogP contribution in [0, 0.1) is 0 Å². The third-order valence-electron chi connectivity index (χ3n) is 10.1. The second kappa shape index (κ2) is 42.5. The molecule has 0 aromatic heterocycles. The lowest BCUT2D eigenvalue weighted by Crippen LogP contribution is -2.38. The molecule has 0 unspecified atom stereocenters. The fourth-order valence-electron chi connectivity index (χ4n) is 6.75. The predicted octanol–water partition coefficient (Wildman–Crippen LogP) is 12.4. The Labute approximate surface area is 303 Å². The zero-order valence-electron chi connectivity index (χ0n) is 33.2. The molecule has 48 heavy (non-hydrogen) atoms. The monoisotopic (exact) mass is 675 g/mol.